The van der Waals surface area contributed by atoms with Gasteiger partial charge in [-0.2, -0.15) is 0 Å². The quantitative estimate of drug-likeness (QED) is 0.882. The van der Waals surface area contributed by atoms with E-state index in [-0.39, 0.29) is 11.8 Å². The van der Waals surface area contributed by atoms with Crippen LogP contribution >= 0.6 is 0 Å². The number of methoxy groups -OCH3 is 1. The Morgan fingerprint density at radius 1 is 1.15 bits per heavy atom. The van der Waals surface area contributed by atoms with Crippen molar-refractivity contribution in [2.24, 2.45) is 5.92 Å². The lowest BCUT2D eigenvalue weighted by molar-refractivity contribution is -0.125. The second kappa shape index (κ2) is 8.03. The molecule has 1 amide bonds. The van der Waals surface area contributed by atoms with Gasteiger partial charge in [-0.25, -0.2) is 0 Å². The van der Waals surface area contributed by atoms with Gasteiger partial charge in [-0.15, -0.1) is 0 Å². The van der Waals surface area contributed by atoms with Gasteiger partial charge in [0.15, 0.2) is 0 Å². The fraction of sp³-hybridized carbons (Fsp3) is 0.435. The molecule has 2 aliphatic heterocycles. The van der Waals surface area contributed by atoms with E-state index in [2.05, 4.69) is 40.5 Å². The molecule has 4 nitrogen and oxygen atoms in total. The van der Waals surface area contributed by atoms with Gasteiger partial charge in [0.25, 0.3) is 0 Å². The average Bonchev–Trinajstić information content (AvgIpc) is 2.73. The van der Waals surface area contributed by atoms with Crippen molar-refractivity contribution in [3.8, 4) is 5.75 Å². The first kappa shape index (κ1) is 17.9. The molecule has 0 spiro atoms. The summed E-state index contributed by atoms with van der Waals surface area (Å²) >= 11 is 0. The zero-order chi connectivity index (χ0) is 18.6. The number of hydrogen-bond donors (Lipinski definition) is 1. The molecule has 0 saturated carbocycles. The Morgan fingerprint density at radius 2 is 1.96 bits per heavy atom. The average molecular weight is 364 g/mol. The molecule has 0 radical (unpaired) electrons. The van der Waals surface area contributed by atoms with Gasteiger partial charge in [0.2, 0.25) is 5.91 Å². The highest BCUT2D eigenvalue weighted by atomic mass is 16.5. The highest BCUT2D eigenvalue weighted by molar-refractivity contribution is 5.82. The summed E-state index contributed by atoms with van der Waals surface area (Å²) in [4.78, 5) is 15.5. The van der Waals surface area contributed by atoms with Crippen LogP contribution in [0.15, 0.2) is 48.5 Å². The third-order valence-electron chi connectivity index (χ3n) is 5.98. The van der Waals surface area contributed by atoms with Crippen LogP contribution in [0.3, 0.4) is 0 Å². The summed E-state index contributed by atoms with van der Waals surface area (Å²) in [6.45, 7) is 1.71. The molecule has 0 unspecified atom stereocenters. The van der Waals surface area contributed by atoms with E-state index in [4.69, 9.17) is 4.74 Å². The number of carbonyl (C=O) groups excluding carboxylic acids is 1. The van der Waals surface area contributed by atoms with E-state index in [9.17, 15) is 4.79 Å². The Kier molecular flexibility index (Phi) is 5.33. The van der Waals surface area contributed by atoms with Gasteiger partial charge in [0.05, 0.1) is 13.0 Å². The minimum Gasteiger partial charge on any atom is -0.496 e. The third-order valence-corrected chi connectivity index (χ3v) is 5.98. The van der Waals surface area contributed by atoms with Crippen molar-refractivity contribution in [1.29, 1.82) is 0 Å². The molecule has 2 heterocycles. The zero-order valence-electron chi connectivity index (χ0n) is 16.0. The van der Waals surface area contributed by atoms with E-state index in [1.807, 2.05) is 18.2 Å². The Labute approximate surface area is 161 Å². The van der Waals surface area contributed by atoms with Crippen molar-refractivity contribution in [2.75, 3.05) is 25.1 Å². The van der Waals surface area contributed by atoms with Crippen molar-refractivity contribution < 1.29 is 9.53 Å². The molecule has 27 heavy (non-hydrogen) atoms. The maximum atomic E-state index is 13.0. The van der Waals surface area contributed by atoms with Crippen LogP contribution in [0.1, 0.15) is 30.4 Å². The molecular formula is C23H28N2O2. The van der Waals surface area contributed by atoms with Crippen LogP contribution in [0.25, 0.3) is 0 Å². The van der Waals surface area contributed by atoms with E-state index in [1.54, 1.807) is 7.11 Å². The van der Waals surface area contributed by atoms with Crippen LogP contribution in [0, 0.1) is 5.92 Å². The minimum atomic E-state index is 0.0397. The molecule has 0 bridgehead atoms. The van der Waals surface area contributed by atoms with Gasteiger partial charge < -0.3 is 15.0 Å². The van der Waals surface area contributed by atoms with Crippen LogP contribution < -0.4 is 15.0 Å². The van der Waals surface area contributed by atoms with Crippen LogP contribution in [0.4, 0.5) is 5.69 Å². The van der Waals surface area contributed by atoms with E-state index < -0.39 is 0 Å². The number of nitrogens with zero attached hydrogens (tertiary/aromatic N) is 1. The van der Waals surface area contributed by atoms with E-state index in [0.717, 1.165) is 37.1 Å². The van der Waals surface area contributed by atoms with Gasteiger partial charge >= 0.3 is 0 Å². The van der Waals surface area contributed by atoms with Crippen LogP contribution in [0.5, 0.6) is 5.75 Å². The van der Waals surface area contributed by atoms with Gasteiger partial charge in [-0.1, -0.05) is 36.4 Å². The fourth-order valence-electron chi connectivity index (χ4n) is 4.64. The maximum Gasteiger partial charge on any atom is 0.225 e. The van der Waals surface area contributed by atoms with Gasteiger partial charge in [0, 0.05) is 24.8 Å². The van der Waals surface area contributed by atoms with Crippen molar-refractivity contribution in [1.82, 2.24) is 5.32 Å². The summed E-state index contributed by atoms with van der Waals surface area (Å²) in [6.07, 6.45) is 5.17. The molecule has 1 N–H and O–H groups in total. The number of fused-ring (bicyclic) bond motifs is 3. The molecule has 2 aromatic rings. The summed E-state index contributed by atoms with van der Waals surface area (Å²) < 4.78 is 5.41. The highest BCUT2D eigenvalue weighted by Gasteiger charge is 2.39. The molecule has 1 saturated heterocycles. The summed E-state index contributed by atoms with van der Waals surface area (Å²) in [5.74, 6) is 1.12. The van der Waals surface area contributed by atoms with Crippen molar-refractivity contribution in [3.05, 3.63) is 59.7 Å². The molecule has 0 aliphatic carbocycles. The number of piperidine rings is 1. The molecule has 2 aliphatic rings. The zero-order valence-corrected chi connectivity index (χ0v) is 16.0. The lowest BCUT2D eigenvalue weighted by Gasteiger charge is -2.46. The molecule has 142 valence electrons. The highest BCUT2D eigenvalue weighted by Crippen LogP contribution is 2.38. The minimum absolute atomic E-state index is 0.0397. The molecule has 4 rings (SSSR count). The van der Waals surface area contributed by atoms with Crippen molar-refractivity contribution in [2.45, 2.75) is 38.1 Å². The largest absolute Gasteiger partial charge is 0.496 e. The first-order valence-electron chi connectivity index (χ1n) is 10.0. The number of amides is 1. The first-order chi connectivity index (χ1) is 13.3. The number of para-hydroxylation sites is 2. The predicted octanol–water partition coefficient (Wildman–Crippen LogP) is 3.59. The molecule has 2 aromatic carbocycles. The number of benzene rings is 2. The number of anilines is 1. The smallest absolute Gasteiger partial charge is 0.225 e. The number of hydrogen-bond acceptors (Lipinski definition) is 3. The second-order valence-corrected chi connectivity index (χ2v) is 7.55. The Bertz CT molecular complexity index is 804. The number of nitrogens with one attached hydrogen (secondary N) is 1. The topological polar surface area (TPSA) is 41.6 Å². The first-order valence-corrected chi connectivity index (χ1v) is 10.0. The van der Waals surface area contributed by atoms with E-state index in [0.29, 0.717) is 12.6 Å². The molecule has 0 aromatic heterocycles. The van der Waals surface area contributed by atoms with Crippen LogP contribution in [-0.2, 0) is 17.6 Å². The fourth-order valence-corrected chi connectivity index (χ4v) is 4.64. The van der Waals surface area contributed by atoms with Gasteiger partial charge in [-0.05, 0) is 55.4 Å². The summed E-state index contributed by atoms with van der Waals surface area (Å²) in [6, 6.07) is 16.9. The van der Waals surface area contributed by atoms with E-state index >= 15 is 0 Å². The lowest BCUT2D eigenvalue weighted by Crippen LogP contribution is -2.53. The molecule has 1 fully saturated rings. The van der Waals surface area contributed by atoms with E-state index in [1.165, 1.54) is 24.1 Å². The Morgan fingerprint density at radius 3 is 2.85 bits per heavy atom. The van der Waals surface area contributed by atoms with Crippen LogP contribution in [-0.4, -0.2) is 32.1 Å². The molecular weight excluding hydrogens is 336 g/mol. The number of ether oxygens (including phenoxy) is 1. The summed E-state index contributed by atoms with van der Waals surface area (Å²) in [7, 11) is 1.69. The van der Waals surface area contributed by atoms with Crippen molar-refractivity contribution in [3.63, 3.8) is 0 Å². The van der Waals surface area contributed by atoms with Crippen molar-refractivity contribution >= 4 is 11.6 Å². The SMILES string of the molecule is COc1ccccc1CCNC(=O)[C@H]1Cc2ccccc2N2CCCC[C@@H]12. The number of carbonyl (C=O) groups is 1. The normalized spacial score (nSPS) is 21.1. The van der Waals surface area contributed by atoms with Gasteiger partial charge in [-0.3, -0.25) is 4.79 Å². The molecule has 2 atom stereocenters. The lowest BCUT2D eigenvalue weighted by atomic mass is 9.80. The second-order valence-electron chi connectivity index (χ2n) is 7.55. The predicted molar refractivity (Wildman–Crippen MR) is 108 cm³/mol. The van der Waals surface area contributed by atoms with Crippen LogP contribution in [0.2, 0.25) is 0 Å². The van der Waals surface area contributed by atoms with Gasteiger partial charge in [0.1, 0.15) is 5.75 Å². The maximum absolute atomic E-state index is 13.0. The standard InChI is InChI=1S/C23H28N2O2/c1-27-22-12-5-3-8-17(22)13-14-24-23(26)19-16-18-9-2-4-10-20(18)25-15-7-6-11-21(19)25/h2-5,8-10,12,19,21H,6-7,11,13-16H2,1H3,(H,24,26)/t19-,21-/m0/s1. The monoisotopic (exact) mass is 364 g/mol. The molecule has 4 heteroatoms. The number of rotatable bonds is 5. The Balaban J connectivity index is 1.44. The summed E-state index contributed by atoms with van der Waals surface area (Å²) in [5.41, 5.74) is 3.77. The summed E-state index contributed by atoms with van der Waals surface area (Å²) in [5, 5.41) is 3.19. The third kappa shape index (κ3) is 3.66. The Hall–Kier alpha value is -2.49.